The number of benzene rings is 2. The summed E-state index contributed by atoms with van der Waals surface area (Å²) in [5.74, 6) is 1.27. The summed E-state index contributed by atoms with van der Waals surface area (Å²) >= 11 is 1.72. The van der Waals surface area contributed by atoms with E-state index in [1.54, 1.807) is 16.7 Å². The average molecular weight is 467 g/mol. The van der Waals surface area contributed by atoms with Gasteiger partial charge in [0.2, 0.25) is 0 Å². The van der Waals surface area contributed by atoms with Crippen LogP contribution in [0.2, 0.25) is 0 Å². The minimum absolute atomic E-state index is 0.205. The molecule has 0 heterocycles. The summed E-state index contributed by atoms with van der Waals surface area (Å²) in [5.41, 5.74) is 11.0. The van der Waals surface area contributed by atoms with Crippen LogP contribution in [0, 0.1) is 0 Å². The number of carbonyl (C=O) groups excluding carboxylic acids is 2. The Morgan fingerprint density at radius 2 is 1.76 bits per heavy atom. The lowest BCUT2D eigenvalue weighted by Gasteiger charge is -2.28. The number of unbranched alkanes of at least 4 members (excludes halogenated alkanes) is 2. The summed E-state index contributed by atoms with van der Waals surface area (Å²) in [4.78, 5) is 28.3. The van der Waals surface area contributed by atoms with E-state index in [1.807, 2.05) is 60.7 Å². The molecule has 0 aromatic heterocycles. The normalized spacial score (nSPS) is 11.5. The second-order valence-corrected chi connectivity index (χ2v) is 8.43. The standard InChI is InChI=1S/C25H30N4O3S/c1-32-24(30)17-11-3-2-10-16-23(20-33-19-22-14-8-5-9-15-22)29(25(31)27-28-26)18-21-12-6-4-7-13-21/h4-10,12-16,23H,2-3,11,17-20H2,1H3/b16-10-/t23-/m1/s1. The third-order valence-corrected chi connectivity index (χ3v) is 6.07. The molecule has 2 aromatic carbocycles. The Morgan fingerprint density at radius 3 is 2.39 bits per heavy atom. The molecule has 174 valence electrons. The number of hydrogen-bond acceptors (Lipinski definition) is 4. The molecule has 0 fully saturated rings. The van der Waals surface area contributed by atoms with Crippen LogP contribution in [0.5, 0.6) is 0 Å². The van der Waals surface area contributed by atoms with E-state index in [9.17, 15) is 9.59 Å². The number of carbonyl (C=O) groups is 2. The molecule has 2 rings (SSSR count). The van der Waals surface area contributed by atoms with Gasteiger partial charge in [-0.25, -0.2) is 0 Å². The Labute approximate surface area is 199 Å². The summed E-state index contributed by atoms with van der Waals surface area (Å²) < 4.78 is 4.67. The summed E-state index contributed by atoms with van der Waals surface area (Å²) in [6, 6.07) is 19.0. The maximum atomic E-state index is 12.7. The van der Waals surface area contributed by atoms with Gasteiger partial charge in [-0.1, -0.05) is 72.8 Å². The van der Waals surface area contributed by atoms with E-state index in [0.717, 1.165) is 30.6 Å². The summed E-state index contributed by atoms with van der Waals surface area (Å²) in [6.45, 7) is 0.349. The first-order valence-electron chi connectivity index (χ1n) is 10.9. The highest BCUT2D eigenvalue weighted by atomic mass is 32.2. The van der Waals surface area contributed by atoms with Crippen molar-refractivity contribution in [3.63, 3.8) is 0 Å². The summed E-state index contributed by atoms with van der Waals surface area (Å²) in [6.07, 6.45) is 6.81. The molecule has 0 unspecified atom stereocenters. The molecule has 0 aliphatic heterocycles. The highest BCUT2D eigenvalue weighted by molar-refractivity contribution is 7.98. The first-order chi connectivity index (χ1) is 16.1. The molecule has 0 spiro atoms. The maximum absolute atomic E-state index is 12.7. The topological polar surface area (TPSA) is 95.4 Å². The van der Waals surface area contributed by atoms with Crippen molar-refractivity contribution in [1.29, 1.82) is 0 Å². The van der Waals surface area contributed by atoms with Crippen molar-refractivity contribution >= 4 is 23.8 Å². The molecule has 1 atom stereocenters. The predicted octanol–water partition coefficient (Wildman–Crippen LogP) is 6.51. The molecule has 0 radical (unpaired) electrons. The van der Waals surface area contributed by atoms with Gasteiger partial charge in [0.25, 0.3) is 0 Å². The van der Waals surface area contributed by atoms with Gasteiger partial charge in [-0.3, -0.25) is 9.59 Å². The van der Waals surface area contributed by atoms with Gasteiger partial charge in [-0.2, -0.15) is 11.8 Å². The number of amides is 2. The van der Waals surface area contributed by atoms with Gasteiger partial charge in [0.05, 0.1) is 13.2 Å². The number of thioether (sulfide) groups is 1. The van der Waals surface area contributed by atoms with Crippen LogP contribution in [0.15, 0.2) is 77.9 Å². The molecule has 0 bridgehead atoms. The number of azide groups is 1. The number of esters is 1. The van der Waals surface area contributed by atoms with Gasteiger partial charge < -0.3 is 9.64 Å². The van der Waals surface area contributed by atoms with Crippen molar-refractivity contribution < 1.29 is 14.3 Å². The average Bonchev–Trinajstić information content (AvgIpc) is 2.85. The molecular formula is C25H30N4O3S. The number of urea groups is 1. The molecule has 0 N–H and O–H groups in total. The molecule has 2 aromatic rings. The van der Waals surface area contributed by atoms with Crippen LogP contribution in [0.3, 0.4) is 0 Å². The number of nitrogens with zero attached hydrogens (tertiary/aromatic N) is 4. The fraction of sp³-hybridized carbons (Fsp3) is 0.360. The van der Waals surface area contributed by atoms with Crippen molar-refractivity contribution in [1.82, 2.24) is 4.90 Å². The lowest BCUT2D eigenvalue weighted by molar-refractivity contribution is -0.140. The van der Waals surface area contributed by atoms with E-state index in [1.165, 1.54) is 12.7 Å². The summed E-state index contributed by atoms with van der Waals surface area (Å²) in [5, 5.41) is 3.37. The second kappa shape index (κ2) is 15.6. The quantitative estimate of drug-likeness (QED) is 0.0839. The van der Waals surface area contributed by atoms with E-state index in [4.69, 9.17) is 5.53 Å². The number of methoxy groups -OCH3 is 1. The molecule has 0 aliphatic carbocycles. The van der Waals surface area contributed by atoms with E-state index < -0.39 is 6.03 Å². The predicted molar refractivity (Wildman–Crippen MR) is 133 cm³/mol. The minimum atomic E-state index is -0.595. The Balaban J connectivity index is 2.09. The molecule has 7 nitrogen and oxygen atoms in total. The van der Waals surface area contributed by atoms with E-state index >= 15 is 0 Å². The van der Waals surface area contributed by atoms with Crippen LogP contribution in [-0.2, 0) is 21.8 Å². The molecular weight excluding hydrogens is 436 g/mol. The summed E-state index contributed by atoms with van der Waals surface area (Å²) in [7, 11) is 1.39. The van der Waals surface area contributed by atoms with Crippen LogP contribution in [0.25, 0.3) is 10.4 Å². The first kappa shape index (κ1) is 26.0. The Hall–Kier alpha value is -3.22. The van der Waals surface area contributed by atoms with Crippen LogP contribution < -0.4 is 0 Å². The number of allylic oxidation sites excluding steroid dienone is 1. The first-order valence-corrected chi connectivity index (χ1v) is 12.0. The second-order valence-electron chi connectivity index (χ2n) is 7.40. The number of ether oxygens (including phenoxy) is 1. The van der Waals surface area contributed by atoms with Gasteiger partial charge >= 0.3 is 12.0 Å². The fourth-order valence-electron chi connectivity index (χ4n) is 3.21. The minimum Gasteiger partial charge on any atom is -0.469 e. The SMILES string of the molecule is COC(=O)CCCC/C=C\[C@H](CSCc1ccccc1)N(Cc1ccccc1)C(=O)N=[N+]=[N-]. The lowest BCUT2D eigenvalue weighted by atomic mass is 10.1. The van der Waals surface area contributed by atoms with Crippen molar-refractivity contribution in [2.45, 2.75) is 44.0 Å². The third kappa shape index (κ3) is 10.3. The van der Waals surface area contributed by atoms with Crippen molar-refractivity contribution in [2.75, 3.05) is 12.9 Å². The van der Waals surface area contributed by atoms with Crippen LogP contribution >= 0.6 is 11.8 Å². The fourth-order valence-corrected chi connectivity index (χ4v) is 4.29. The van der Waals surface area contributed by atoms with Gasteiger partial charge in [0.1, 0.15) is 0 Å². The molecule has 0 aliphatic rings. The lowest BCUT2D eigenvalue weighted by Crippen LogP contribution is -2.38. The highest BCUT2D eigenvalue weighted by Gasteiger charge is 2.21. The van der Waals surface area contributed by atoms with E-state index in [-0.39, 0.29) is 12.0 Å². The third-order valence-electron chi connectivity index (χ3n) is 4.96. The van der Waals surface area contributed by atoms with Crippen LogP contribution in [-0.4, -0.2) is 35.8 Å². The van der Waals surface area contributed by atoms with Gasteiger partial charge in [0.15, 0.2) is 0 Å². The Kier molecular flexibility index (Phi) is 12.3. The van der Waals surface area contributed by atoms with Crippen molar-refractivity contribution in [2.24, 2.45) is 5.11 Å². The van der Waals surface area contributed by atoms with Gasteiger partial charge in [-0.05, 0) is 35.9 Å². The van der Waals surface area contributed by atoms with E-state index in [2.05, 4.69) is 26.9 Å². The zero-order valence-electron chi connectivity index (χ0n) is 18.9. The Morgan fingerprint density at radius 1 is 1.09 bits per heavy atom. The van der Waals surface area contributed by atoms with Gasteiger partial charge in [-0.15, -0.1) is 0 Å². The number of rotatable bonds is 13. The molecule has 8 heteroatoms. The van der Waals surface area contributed by atoms with Crippen molar-refractivity contribution in [3.8, 4) is 0 Å². The molecule has 0 saturated heterocycles. The van der Waals surface area contributed by atoms with Crippen LogP contribution in [0.4, 0.5) is 4.79 Å². The maximum Gasteiger partial charge on any atom is 0.311 e. The number of hydrogen-bond donors (Lipinski definition) is 0. The molecule has 33 heavy (non-hydrogen) atoms. The Bertz CT molecular complexity index is 931. The zero-order valence-corrected chi connectivity index (χ0v) is 19.7. The molecule has 2 amide bonds. The smallest absolute Gasteiger partial charge is 0.311 e. The largest absolute Gasteiger partial charge is 0.469 e. The molecule has 0 saturated carbocycles. The zero-order chi connectivity index (χ0) is 23.7. The highest BCUT2D eigenvalue weighted by Crippen LogP contribution is 2.20. The van der Waals surface area contributed by atoms with Crippen molar-refractivity contribution in [3.05, 3.63) is 94.4 Å². The monoisotopic (exact) mass is 466 g/mol. The van der Waals surface area contributed by atoms with Crippen LogP contribution in [0.1, 0.15) is 36.8 Å². The van der Waals surface area contributed by atoms with E-state index in [0.29, 0.717) is 18.7 Å². The van der Waals surface area contributed by atoms with Gasteiger partial charge in [0, 0.05) is 34.5 Å².